The molecule has 1 aromatic heterocycles. The number of aliphatic hydroxyl groups excluding tert-OH is 4. The molecule has 3 aliphatic rings. The Labute approximate surface area is 398 Å². The molecular weight excluding hydrogens is 865 g/mol. The van der Waals surface area contributed by atoms with Crippen LogP contribution in [0.15, 0.2) is 30.5 Å². The average molecular weight is 951 g/mol. The number of carbonyl (C=O) groups is 1. The van der Waals surface area contributed by atoms with E-state index in [0.29, 0.717) is 26.1 Å². The van der Waals surface area contributed by atoms with E-state index in [1.54, 1.807) is 41.5 Å². The van der Waals surface area contributed by atoms with E-state index in [9.17, 15) is 35.4 Å². The summed E-state index contributed by atoms with van der Waals surface area (Å²) < 4.78 is 38.2. The number of esters is 1. The second kappa shape index (κ2) is 23.3. The summed E-state index contributed by atoms with van der Waals surface area (Å²) in [6.07, 6.45) is -7.14. The Balaban J connectivity index is 1.42. The van der Waals surface area contributed by atoms with E-state index in [1.807, 2.05) is 69.1 Å². The van der Waals surface area contributed by atoms with E-state index in [2.05, 4.69) is 16.4 Å². The third kappa shape index (κ3) is 13.2. The highest BCUT2D eigenvalue weighted by atomic mass is 16.7. The lowest BCUT2D eigenvalue weighted by Crippen LogP contribution is -2.61. The monoisotopic (exact) mass is 951 g/mol. The first-order valence-corrected chi connectivity index (χ1v) is 24.6. The fourth-order valence-electron chi connectivity index (χ4n) is 11.0. The van der Waals surface area contributed by atoms with Crippen LogP contribution in [-0.4, -0.2) is 195 Å². The van der Waals surface area contributed by atoms with Gasteiger partial charge in [0, 0.05) is 68.3 Å². The Morgan fingerprint density at radius 3 is 2.36 bits per heavy atom. The first kappa shape index (κ1) is 55.6. The van der Waals surface area contributed by atoms with Crippen LogP contribution < -0.4 is 5.32 Å². The molecule has 5 rings (SSSR count). The van der Waals surface area contributed by atoms with Crippen molar-refractivity contribution in [1.29, 1.82) is 0 Å². The molecule has 0 aliphatic carbocycles. The Bertz CT molecular complexity index is 1850. The van der Waals surface area contributed by atoms with Crippen LogP contribution in [0.3, 0.4) is 0 Å². The zero-order chi connectivity index (χ0) is 49.8. The largest absolute Gasteiger partial charge is 0.459 e. The fraction of sp³-hybridized carbons (Fsp3) is 0.820. The molecule has 4 heterocycles. The molecular formula is C50H86N4O13. The summed E-state index contributed by atoms with van der Waals surface area (Å²) in [5.41, 5.74) is -2.25. The minimum atomic E-state index is -1.83. The van der Waals surface area contributed by atoms with Crippen LogP contribution in [-0.2, 0) is 39.6 Å². The normalized spacial score (nSPS) is 41.7. The summed E-state index contributed by atoms with van der Waals surface area (Å²) in [4.78, 5) is 21.6. The van der Waals surface area contributed by atoms with Gasteiger partial charge < -0.3 is 74.3 Å². The van der Waals surface area contributed by atoms with Crippen molar-refractivity contribution >= 4 is 16.9 Å². The number of cyclic esters (lactones) is 1. The molecule has 384 valence electrons. The summed E-state index contributed by atoms with van der Waals surface area (Å²) in [6.45, 7) is 19.2. The topological polar surface area (TPSA) is 228 Å². The lowest BCUT2D eigenvalue weighted by atomic mass is 9.77. The predicted octanol–water partition coefficient (Wildman–Crippen LogP) is 2.95. The Morgan fingerprint density at radius 2 is 1.69 bits per heavy atom. The molecule has 0 bridgehead atoms. The number of likely N-dealkylation sites (N-methyl/N-ethyl adjacent to an activating group) is 2. The SMILES string of the molecule is CC[C@H]1OC(=O)[C@H](C)[C@@H](O[C@H]2C[C@@](C)(OC)[C@@H](O)[C@H](C)O2)[C@H](C)[C@@H](O[C@@H]2O[C@H](C)CC(N(C)CC(O)CNCCc3c[nH]c4ccccc34)[C@H]2O)[C@](C)(O)C[C@@H](C)CN(C)[C@H](C)[C@@H](O)[C@]1(C)O. The van der Waals surface area contributed by atoms with E-state index >= 15 is 0 Å². The van der Waals surface area contributed by atoms with E-state index in [4.69, 9.17) is 28.4 Å². The molecule has 3 fully saturated rings. The number of methoxy groups -OCH3 is 1. The summed E-state index contributed by atoms with van der Waals surface area (Å²) >= 11 is 0. The van der Waals surface area contributed by atoms with Gasteiger partial charge in [-0.25, -0.2) is 0 Å². The number of carbonyl (C=O) groups excluding carboxylic acids is 1. The maximum Gasteiger partial charge on any atom is 0.311 e. The predicted molar refractivity (Wildman–Crippen MR) is 254 cm³/mol. The number of aromatic nitrogens is 1. The Hall–Kier alpha value is -2.33. The van der Waals surface area contributed by atoms with Gasteiger partial charge in [-0.2, -0.15) is 0 Å². The van der Waals surface area contributed by atoms with Gasteiger partial charge in [0.05, 0.1) is 47.6 Å². The first-order chi connectivity index (χ1) is 31.3. The molecule has 3 saturated heterocycles. The minimum Gasteiger partial charge on any atom is -0.459 e. The molecule has 1 aromatic carbocycles. The van der Waals surface area contributed by atoms with Gasteiger partial charge in [0.1, 0.15) is 30.0 Å². The highest BCUT2D eigenvalue weighted by molar-refractivity contribution is 5.83. The Morgan fingerprint density at radius 1 is 1.00 bits per heavy atom. The molecule has 0 amide bonds. The number of H-pyrrole nitrogens is 1. The number of nitrogens with one attached hydrogen (secondary N) is 2. The van der Waals surface area contributed by atoms with Crippen LogP contribution in [0.25, 0.3) is 10.9 Å². The quantitative estimate of drug-likeness (QED) is 0.101. The summed E-state index contributed by atoms with van der Waals surface area (Å²) in [6, 6.07) is 7.09. The zero-order valence-corrected chi connectivity index (χ0v) is 42.4. The van der Waals surface area contributed by atoms with E-state index in [-0.39, 0.29) is 37.8 Å². The minimum absolute atomic E-state index is 0.100. The zero-order valence-electron chi connectivity index (χ0n) is 42.4. The smallest absolute Gasteiger partial charge is 0.311 e. The summed E-state index contributed by atoms with van der Waals surface area (Å²) in [5, 5.41) is 75.2. The number of benzene rings is 1. The van der Waals surface area contributed by atoms with Crippen molar-refractivity contribution in [1.82, 2.24) is 20.1 Å². The molecule has 0 radical (unpaired) electrons. The number of ether oxygens (including phenoxy) is 6. The summed E-state index contributed by atoms with van der Waals surface area (Å²) in [7, 11) is 5.19. The van der Waals surface area contributed by atoms with Crippen molar-refractivity contribution in [2.24, 2.45) is 17.8 Å². The van der Waals surface area contributed by atoms with Crippen molar-refractivity contribution in [2.45, 2.75) is 198 Å². The molecule has 8 N–H and O–H groups in total. The maximum atomic E-state index is 14.4. The number of aliphatic hydroxyl groups is 6. The standard InChI is InChI=1S/C50H86N4O13/c1-14-39-50(10,61)43(57)32(6)53(11)26-28(2)22-48(8,60)45(30(4)42(31(5)46(59)65-39)66-40-23-49(9,62-13)44(58)33(7)64-40)67-47-41(56)38(21-29(3)63-47)54(12)27-35(55)25-51-20-19-34-24-52-37-18-16-15-17-36(34)37/h15-18,24,28-33,35,38-45,47,51-52,55-58,60-61H,14,19-23,25-27H2,1-13H3/t28-,29-,30+,31-,32-,33+,35?,38?,39-,40+,41-,42+,43-,44+,45-,47+,48-,49-,50-/m1/s1. The van der Waals surface area contributed by atoms with Gasteiger partial charge >= 0.3 is 5.97 Å². The van der Waals surface area contributed by atoms with Gasteiger partial charge in [0.25, 0.3) is 0 Å². The number of fused-ring (bicyclic) bond motifs is 1. The van der Waals surface area contributed by atoms with E-state index in [0.717, 1.165) is 11.9 Å². The van der Waals surface area contributed by atoms with Crippen LogP contribution in [0.4, 0.5) is 0 Å². The van der Waals surface area contributed by atoms with Gasteiger partial charge in [0.2, 0.25) is 0 Å². The molecule has 2 unspecified atom stereocenters. The van der Waals surface area contributed by atoms with Gasteiger partial charge in [-0.15, -0.1) is 0 Å². The third-order valence-electron chi connectivity index (χ3n) is 15.2. The molecule has 19 atom stereocenters. The van der Waals surface area contributed by atoms with Crippen molar-refractivity contribution in [3.63, 3.8) is 0 Å². The molecule has 67 heavy (non-hydrogen) atoms. The van der Waals surface area contributed by atoms with Crippen LogP contribution in [0.5, 0.6) is 0 Å². The Kier molecular flexibility index (Phi) is 19.3. The first-order valence-electron chi connectivity index (χ1n) is 24.6. The lowest BCUT2D eigenvalue weighted by molar-refractivity contribution is -0.318. The molecule has 3 aliphatic heterocycles. The third-order valence-corrected chi connectivity index (χ3v) is 15.2. The average Bonchev–Trinajstić information content (AvgIpc) is 3.68. The van der Waals surface area contributed by atoms with Crippen LogP contribution in [0.2, 0.25) is 0 Å². The second-order valence-electron chi connectivity index (χ2n) is 21.1. The summed E-state index contributed by atoms with van der Waals surface area (Å²) in [5.74, 6) is -2.79. The molecule has 0 saturated carbocycles. The highest BCUT2D eigenvalue weighted by Crippen LogP contribution is 2.40. The van der Waals surface area contributed by atoms with Crippen LogP contribution in [0.1, 0.15) is 100 Å². The number of aromatic amines is 1. The van der Waals surface area contributed by atoms with Gasteiger partial charge in [-0.1, -0.05) is 39.0 Å². The number of para-hydroxylation sites is 1. The molecule has 17 heteroatoms. The van der Waals surface area contributed by atoms with Gasteiger partial charge in [-0.3, -0.25) is 9.69 Å². The second-order valence-corrected chi connectivity index (χ2v) is 21.1. The van der Waals surface area contributed by atoms with Crippen molar-refractivity contribution in [2.75, 3.05) is 47.4 Å². The number of nitrogens with zero attached hydrogens (tertiary/aromatic N) is 2. The number of rotatable bonds is 14. The van der Waals surface area contributed by atoms with Crippen molar-refractivity contribution < 1.29 is 63.9 Å². The van der Waals surface area contributed by atoms with E-state index < -0.39 is 108 Å². The molecule has 0 spiro atoms. The van der Waals surface area contributed by atoms with Gasteiger partial charge in [0.15, 0.2) is 12.6 Å². The van der Waals surface area contributed by atoms with Crippen molar-refractivity contribution in [3.8, 4) is 0 Å². The fourth-order valence-corrected chi connectivity index (χ4v) is 11.0. The van der Waals surface area contributed by atoms with Crippen LogP contribution >= 0.6 is 0 Å². The maximum absolute atomic E-state index is 14.4. The van der Waals surface area contributed by atoms with Gasteiger partial charge in [-0.05, 0) is 112 Å². The van der Waals surface area contributed by atoms with E-state index in [1.165, 1.54) is 25.0 Å². The van der Waals surface area contributed by atoms with Crippen LogP contribution in [0, 0.1) is 17.8 Å². The van der Waals surface area contributed by atoms with Crippen molar-refractivity contribution in [3.05, 3.63) is 36.0 Å². The lowest BCUT2D eigenvalue weighted by Gasteiger charge is -2.49. The molecule has 17 nitrogen and oxygen atoms in total. The molecule has 2 aromatic rings. The number of hydrogen-bond acceptors (Lipinski definition) is 16. The highest BCUT2D eigenvalue weighted by Gasteiger charge is 2.53. The number of hydrogen-bond donors (Lipinski definition) is 8.